The molecule has 1 nitrogen and oxygen atoms in total. The van der Waals surface area contributed by atoms with E-state index in [1.54, 1.807) is 25.1 Å². The molecule has 0 bridgehead atoms. The van der Waals surface area contributed by atoms with Gasteiger partial charge in [0, 0.05) is 20.5 Å². The highest BCUT2D eigenvalue weighted by molar-refractivity contribution is 7.10. The maximum Gasteiger partial charge on any atom is 0.122 e. The number of hydrogen-bond acceptors (Lipinski definition) is 2. The summed E-state index contributed by atoms with van der Waals surface area (Å²) in [6, 6.07) is 8.87. The van der Waals surface area contributed by atoms with E-state index in [4.69, 9.17) is 23.2 Å². The lowest BCUT2D eigenvalue weighted by Gasteiger charge is -2.23. The van der Waals surface area contributed by atoms with Gasteiger partial charge in [-0.05, 0) is 36.6 Å². The predicted octanol–water partition coefficient (Wildman–Crippen LogP) is 4.31. The van der Waals surface area contributed by atoms with Crippen LogP contribution in [-0.4, -0.2) is 5.11 Å². The number of halogens is 2. The van der Waals surface area contributed by atoms with Crippen LogP contribution < -0.4 is 0 Å². The van der Waals surface area contributed by atoms with Gasteiger partial charge >= 0.3 is 0 Å². The molecule has 1 aromatic heterocycles. The Labute approximate surface area is 108 Å². The zero-order valence-electron chi connectivity index (χ0n) is 8.58. The van der Waals surface area contributed by atoms with Gasteiger partial charge in [0.2, 0.25) is 0 Å². The molecule has 0 radical (unpaired) electrons. The highest BCUT2D eigenvalue weighted by atomic mass is 35.5. The van der Waals surface area contributed by atoms with Crippen molar-refractivity contribution in [1.82, 2.24) is 0 Å². The van der Waals surface area contributed by atoms with E-state index >= 15 is 0 Å². The lowest BCUT2D eigenvalue weighted by atomic mass is 9.94. The third kappa shape index (κ3) is 2.11. The average molecular weight is 273 g/mol. The number of aliphatic hydroxyl groups is 1. The molecule has 0 amide bonds. The van der Waals surface area contributed by atoms with E-state index < -0.39 is 5.60 Å². The Morgan fingerprint density at radius 3 is 2.62 bits per heavy atom. The van der Waals surface area contributed by atoms with Crippen LogP contribution in [0.5, 0.6) is 0 Å². The summed E-state index contributed by atoms with van der Waals surface area (Å²) in [4.78, 5) is 0.844. The summed E-state index contributed by atoms with van der Waals surface area (Å²) in [5.41, 5.74) is -0.472. The van der Waals surface area contributed by atoms with E-state index in [-0.39, 0.29) is 0 Å². The molecule has 2 aromatic rings. The second-order valence-electron chi connectivity index (χ2n) is 3.67. The van der Waals surface area contributed by atoms with Gasteiger partial charge in [-0.2, -0.15) is 0 Å². The zero-order valence-corrected chi connectivity index (χ0v) is 10.9. The van der Waals surface area contributed by atoms with Crippen molar-refractivity contribution in [2.24, 2.45) is 0 Å². The highest BCUT2D eigenvalue weighted by Crippen LogP contribution is 2.37. The zero-order chi connectivity index (χ0) is 11.8. The van der Waals surface area contributed by atoms with Crippen molar-refractivity contribution in [2.75, 3.05) is 0 Å². The molecule has 0 spiro atoms. The molecule has 0 fully saturated rings. The maximum atomic E-state index is 10.5. The van der Waals surface area contributed by atoms with Crippen molar-refractivity contribution < 1.29 is 5.11 Å². The van der Waals surface area contributed by atoms with Gasteiger partial charge in [-0.1, -0.05) is 29.3 Å². The van der Waals surface area contributed by atoms with Crippen molar-refractivity contribution in [3.63, 3.8) is 0 Å². The smallest absolute Gasteiger partial charge is 0.122 e. The molecule has 1 aromatic carbocycles. The monoisotopic (exact) mass is 272 g/mol. The first kappa shape index (κ1) is 11.9. The van der Waals surface area contributed by atoms with E-state index in [1.807, 2.05) is 17.5 Å². The third-order valence-electron chi connectivity index (χ3n) is 2.45. The molecule has 1 heterocycles. The lowest BCUT2D eigenvalue weighted by Crippen LogP contribution is -2.21. The minimum atomic E-state index is -1.10. The van der Waals surface area contributed by atoms with Crippen molar-refractivity contribution in [2.45, 2.75) is 12.5 Å². The van der Waals surface area contributed by atoms with Gasteiger partial charge in [0.15, 0.2) is 0 Å². The number of hydrogen-bond donors (Lipinski definition) is 1. The Kier molecular flexibility index (Phi) is 3.27. The Balaban J connectivity index is 2.55. The van der Waals surface area contributed by atoms with Crippen LogP contribution in [0.3, 0.4) is 0 Å². The van der Waals surface area contributed by atoms with Crippen LogP contribution in [0, 0.1) is 0 Å². The van der Waals surface area contributed by atoms with Gasteiger partial charge in [0.25, 0.3) is 0 Å². The van der Waals surface area contributed by atoms with Crippen molar-refractivity contribution in [3.05, 3.63) is 56.2 Å². The molecule has 2 rings (SSSR count). The minimum absolute atomic E-state index is 0.516. The Bertz CT molecular complexity index is 492. The topological polar surface area (TPSA) is 20.2 Å². The summed E-state index contributed by atoms with van der Waals surface area (Å²) in [7, 11) is 0. The molecule has 4 heteroatoms. The molecule has 0 saturated carbocycles. The standard InChI is InChI=1S/C12H10Cl2OS/c1-12(15,11-3-2-6-16-11)9-7-8(13)4-5-10(9)14/h2-7,15H,1H3. The maximum absolute atomic E-state index is 10.5. The van der Waals surface area contributed by atoms with Gasteiger partial charge in [0.1, 0.15) is 5.60 Å². The molecule has 0 aliphatic carbocycles. The molecule has 84 valence electrons. The van der Waals surface area contributed by atoms with Gasteiger partial charge in [-0.15, -0.1) is 11.3 Å². The third-order valence-corrected chi connectivity index (χ3v) is 4.10. The first-order valence-corrected chi connectivity index (χ1v) is 6.37. The van der Waals surface area contributed by atoms with E-state index in [0.29, 0.717) is 15.6 Å². The second-order valence-corrected chi connectivity index (χ2v) is 5.47. The number of rotatable bonds is 2. The van der Waals surface area contributed by atoms with Crippen LogP contribution in [-0.2, 0) is 5.60 Å². The van der Waals surface area contributed by atoms with E-state index in [9.17, 15) is 5.11 Å². The molecule has 1 N–H and O–H groups in total. The normalized spacial score (nSPS) is 14.8. The van der Waals surface area contributed by atoms with E-state index in [2.05, 4.69) is 0 Å². The van der Waals surface area contributed by atoms with E-state index in [0.717, 1.165) is 4.88 Å². The molecule has 0 aliphatic heterocycles. The minimum Gasteiger partial charge on any atom is -0.380 e. The van der Waals surface area contributed by atoms with Crippen molar-refractivity contribution >= 4 is 34.5 Å². The fourth-order valence-corrected chi connectivity index (χ4v) is 2.83. The molecule has 1 unspecified atom stereocenters. The molecule has 16 heavy (non-hydrogen) atoms. The summed E-state index contributed by atoms with van der Waals surface area (Å²) in [6.45, 7) is 1.72. The van der Waals surface area contributed by atoms with E-state index in [1.165, 1.54) is 11.3 Å². The molecular weight excluding hydrogens is 263 g/mol. The van der Waals surface area contributed by atoms with Crippen molar-refractivity contribution in [3.8, 4) is 0 Å². The first-order chi connectivity index (χ1) is 7.51. The van der Waals surface area contributed by atoms with Crippen LogP contribution in [0.4, 0.5) is 0 Å². The van der Waals surface area contributed by atoms with Crippen LogP contribution in [0.2, 0.25) is 10.0 Å². The Hall–Kier alpha value is -0.540. The fraction of sp³-hybridized carbons (Fsp3) is 0.167. The average Bonchev–Trinajstić information content (AvgIpc) is 2.75. The van der Waals surface area contributed by atoms with Crippen LogP contribution in [0.1, 0.15) is 17.4 Å². The van der Waals surface area contributed by atoms with Crippen LogP contribution >= 0.6 is 34.5 Å². The van der Waals surface area contributed by atoms with Gasteiger partial charge in [-0.25, -0.2) is 0 Å². The summed E-state index contributed by atoms with van der Waals surface area (Å²) >= 11 is 13.5. The largest absolute Gasteiger partial charge is 0.380 e. The Morgan fingerprint density at radius 2 is 2.00 bits per heavy atom. The van der Waals surface area contributed by atoms with Crippen LogP contribution in [0.15, 0.2) is 35.7 Å². The molecule has 0 aliphatic rings. The molecule has 0 saturated heterocycles. The SMILES string of the molecule is CC(O)(c1cccs1)c1cc(Cl)ccc1Cl. The molecule has 1 atom stereocenters. The highest BCUT2D eigenvalue weighted by Gasteiger charge is 2.29. The van der Waals surface area contributed by atoms with Gasteiger partial charge in [0.05, 0.1) is 0 Å². The Morgan fingerprint density at radius 1 is 1.25 bits per heavy atom. The summed E-state index contributed by atoms with van der Waals surface area (Å²) in [5.74, 6) is 0. The molecular formula is C12H10Cl2OS. The first-order valence-electron chi connectivity index (χ1n) is 4.73. The lowest BCUT2D eigenvalue weighted by molar-refractivity contribution is 0.106. The summed E-state index contributed by atoms with van der Waals surface area (Å²) in [6.07, 6.45) is 0. The fourth-order valence-electron chi connectivity index (χ4n) is 1.56. The van der Waals surface area contributed by atoms with Gasteiger partial charge in [-0.3, -0.25) is 0 Å². The summed E-state index contributed by atoms with van der Waals surface area (Å²) in [5, 5.41) is 13.5. The summed E-state index contributed by atoms with van der Waals surface area (Å²) < 4.78 is 0. The second kappa shape index (κ2) is 4.38. The predicted molar refractivity (Wildman–Crippen MR) is 69.5 cm³/mol. The number of benzene rings is 1. The van der Waals surface area contributed by atoms with Gasteiger partial charge < -0.3 is 5.11 Å². The van der Waals surface area contributed by atoms with Crippen LogP contribution in [0.25, 0.3) is 0 Å². The quantitative estimate of drug-likeness (QED) is 0.864. The number of thiophene rings is 1. The van der Waals surface area contributed by atoms with Crippen molar-refractivity contribution in [1.29, 1.82) is 0 Å².